The van der Waals surface area contributed by atoms with Gasteiger partial charge in [0, 0.05) is 14.8 Å². The summed E-state index contributed by atoms with van der Waals surface area (Å²) >= 11 is 0. The molecule has 2 rings (SSSR count). The Morgan fingerprint density at radius 3 is 0.650 bits per heavy atom. The Labute approximate surface area is 254 Å². The van der Waals surface area contributed by atoms with Gasteiger partial charge in [0.2, 0.25) is 0 Å². The van der Waals surface area contributed by atoms with Crippen LogP contribution in [0.1, 0.15) is 125 Å². The van der Waals surface area contributed by atoms with Gasteiger partial charge in [0.05, 0.1) is 15.2 Å². The van der Waals surface area contributed by atoms with Crippen molar-refractivity contribution in [3.05, 3.63) is 60.7 Å². The van der Waals surface area contributed by atoms with Gasteiger partial charge in [0.25, 0.3) is 0 Å². The molecule has 0 atom stereocenters. The van der Waals surface area contributed by atoms with Crippen molar-refractivity contribution in [2.45, 2.75) is 155 Å². The van der Waals surface area contributed by atoms with Crippen LogP contribution in [0.4, 0.5) is 0 Å². The molecule has 0 spiro atoms. The summed E-state index contributed by atoms with van der Waals surface area (Å²) < 4.78 is 0. The topological polar surface area (TPSA) is 0 Å². The van der Waals surface area contributed by atoms with Crippen LogP contribution in [-0.4, -0.2) is 30.0 Å². The largest absolute Gasteiger partial charge is 0.0809 e. The molecule has 0 aliphatic carbocycles. The van der Waals surface area contributed by atoms with Crippen molar-refractivity contribution in [3.8, 4) is 0 Å². The van der Waals surface area contributed by atoms with E-state index in [4.69, 9.17) is 0 Å². The standard InChI is InChI=1S/C36H64Si4/c1-31(2,3)39(32(4,5)6,33(7,8)9)37(29-25-21-19-22-26-29)38(30-27-23-20-24-28-30)40(34(10,11)12,35(13,14)15)36(16,17)18/h19-28H,1-18H3. The molecular formula is C36H64Si4. The molecule has 0 aliphatic rings. The van der Waals surface area contributed by atoms with E-state index in [2.05, 4.69) is 185 Å². The minimum atomic E-state index is -2.18. The molecule has 0 aromatic heterocycles. The summed E-state index contributed by atoms with van der Waals surface area (Å²) in [6, 6.07) is 24.2. The Balaban J connectivity index is 3.75. The maximum Gasteiger partial charge on any atom is 0.0809 e. The molecule has 2 aromatic rings. The van der Waals surface area contributed by atoms with E-state index in [9.17, 15) is 0 Å². The van der Waals surface area contributed by atoms with Gasteiger partial charge in [-0.05, 0) is 40.6 Å². The Kier molecular flexibility index (Phi) is 9.85. The summed E-state index contributed by atoms with van der Waals surface area (Å²) in [5.74, 6) is 0. The lowest BCUT2D eigenvalue weighted by molar-refractivity contribution is 0.553. The first-order chi connectivity index (χ1) is 17.7. The van der Waals surface area contributed by atoms with Crippen molar-refractivity contribution in [2.75, 3.05) is 0 Å². The molecule has 0 amide bonds. The van der Waals surface area contributed by atoms with Crippen molar-refractivity contribution in [2.24, 2.45) is 0 Å². The van der Waals surface area contributed by atoms with E-state index < -0.39 is 30.0 Å². The van der Waals surface area contributed by atoms with E-state index in [1.807, 2.05) is 0 Å². The molecule has 40 heavy (non-hydrogen) atoms. The maximum atomic E-state index is 2.64. The van der Waals surface area contributed by atoms with Gasteiger partial charge in [-0.3, -0.25) is 0 Å². The third-order valence-electron chi connectivity index (χ3n) is 9.87. The number of benzene rings is 2. The highest BCUT2D eigenvalue weighted by molar-refractivity contribution is 7.63. The first-order valence-corrected chi connectivity index (χ1v) is 25.6. The monoisotopic (exact) mass is 608 g/mol. The van der Waals surface area contributed by atoms with Crippen molar-refractivity contribution >= 4 is 40.4 Å². The molecule has 0 saturated heterocycles. The molecule has 0 N–H and O–H groups in total. The zero-order valence-electron chi connectivity index (χ0n) is 29.8. The molecule has 0 nitrogen and oxygen atoms in total. The van der Waals surface area contributed by atoms with Crippen LogP contribution < -0.4 is 10.4 Å². The molecule has 2 aromatic carbocycles. The predicted octanol–water partition coefficient (Wildman–Crippen LogP) is 10.7. The molecule has 0 bridgehead atoms. The molecule has 0 aliphatic heterocycles. The smallest absolute Gasteiger partial charge is 0.0625 e. The SMILES string of the molecule is CC(C)(C)[Si]([Si](c1ccccc1)=[Si](c1ccccc1)[Si](C(C)(C)C)(C(C)(C)C)C(C)(C)C)(C(C)(C)C)C(C)(C)C. The molecule has 0 unspecified atom stereocenters. The van der Waals surface area contributed by atoms with Gasteiger partial charge in [-0.2, -0.15) is 0 Å². The zero-order valence-corrected chi connectivity index (χ0v) is 33.8. The second-order valence-corrected chi connectivity index (χ2v) is 46.6. The molecule has 224 valence electrons. The minimum absolute atomic E-state index is 0.242. The van der Waals surface area contributed by atoms with Crippen LogP contribution in [0.5, 0.6) is 0 Å². The highest BCUT2D eigenvalue weighted by atomic mass is 29.6. The van der Waals surface area contributed by atoms with Crippen LogP contribution >= 0.6 is 0 Å². The Bertz CT molecular complexity index is 997. The van der Waals surface area contributed by atoms with Gasteiger partial charge < -0.3 is 0 Å². The van der Waals surface area contributed by atoms with Crippen LogP contribution in [0.3, 0.4) is 0 Å². The molecule has 0 heterocycles. The molecule has 0 radical (unpaired) electrons. The highest BCUT2D eigenvalue weighted by Gasteiger charge is 2.67. The second kappa shape index (κ2) is 11.1. The van der Waals surface area contributed by atoms with Crippen molar-refractivity contribution in [3.63, 3.8) is 0 Å². The van der Waals surface area contributed by atoms with E-state index in [1.54, 1.807) is 10.4 Å². The van der Waals surface area contributed by atoms with Crippen LogP contribution in [0, 0.1) is 0 Å². The summed E-state index contributed by atoms with van der Waals surface area (Å²) in [4.78, 5) is 0. The van der Waals surface area contributed by atoms with Gasteiger partial charge in [0.1, 0.15) is 0 Å². The normalized spacial score (nSPS) is 15.7. The average Bonchev–Trinajstić information content (AvgIpc) is 2.71. The summed E-state index contributed by atoms with van der Waals surface area (Å²) in [5.41, 5.74) is 0. The van der Waals surface area contributed by atoms with Crippen molar-refractivity contribution in [1.29, 1.82) is 0 Å². The lowest BCUT2D eigenvalue weighted by atomic mass is 10.2. The quantitative estimate of drug-likeness (QED) is 0.303. The molecule has 0 fully saturated rings. The van der Waals surface area contributed by atoms with Gasteiger partial charge >= 0.3 is 0 Å². The third kappa shape index (κ3) is 5.65. The summed E-state index contributed by atoms with van der Waals surface area (Å²) in [6.07, 6.45) is 0. The van der Waals surface area contributed by atoms with Crippen LogP contribution in [0.2, 0.25) is 30.2 Å². The fourth-order valence-electron chi connectivity index (χ4n) is 11.3. The zero-order chi connectivity index (χ0) is 31.4. The van der Waals surface area contributed by atoms with E-state index in [0.717, 1.165) is 0 Å². The van der Waals surface area contributed by atoms with Crippen LogP contribution in [0.25, 0.3) is 0 Å². The lowest BCUT2D eigenvalue weighted by Crippen LogP contribution is -2.78. The summed E-state index contributed by atoms with van der Waals surface area (Å²) in [5, 5.41) is 4.88. The fourth-order valence-corrected chi connectivity index (χ4v) is 94.4. The second-order valence-electron chi connectivity index (χ2n) is 18.5. The number of rotatable bonds is 4. The third-order valence-corrected chi connectivity index (χ3v) is 63.7. The van der Waals surface area contributed by atoms with Crippen molar-refractivity contribution in [1.82, 2.24) is 0 Å². The van der Waals surface area contributed by atoms with Gasteiger partial charge in [-0.25, -0.2) is 0 Å². The van der Waals surface area contributed by atoms with Gasteiger partial charge in [0.15, 0.2) is 0 Å². The predicted molar refractivity (Wildman–Crippen MR) is 193 cm³/mol. The van der Waals surface area contributed by atoms with Crippen molar-refractivity contribution < 1.29 is 0 Å². The molecular weight excluding hydrogens is 545 g/mol. The average molecular weight is 609 g/mol. The fraction of sp³-hybridized carbons (Fsp3) is 0.667. The van der Waals surface area contributed by atoms with E-state index >= 15 is 0 Å². The molecule has 0 saturated carbocycles. The molecule has 4 heteroatoms. The summed E-state index contributed by atoms with van der Waals surface area (Å²) in [7, 11) is -6.53. The van der Waals surface area contributed by atoms with E-state index in [1.165, 1.54) is 0 Å². The first-order valence-electron chi connectivity index (χ1n) is 15.6. The first kappa shape index (κ1) is 35.5. The van der Waals surface area contributed by atoms with E-state index in [-0.39, 0.29) is 30.2 Å². The lowest BCUT2D eigenvalue weighted by Gasteiger charge is -2.65. The van der Waals surface area contributed by atoms with Gasteiger partial charge in [-0.15, -0.1) is 0 Å². The Morgan fingerprint density at radius 2 is 0.500 bits per heavy atom. The minimum Gasteiger partial charge on any atom is -0.0625 e. The van der Waals surface area contributed by atoms with Crippen LogP contribution in [-0.2, 0) is 0 Å². The van der Waals surface area contributed by atoms with Gasteiger partial charge in [-0.1, -0.05) is 185 Å². The maximum absolute atomic E-state index is 2.64. The highest BCUT2D eigenvalue weighted by Crippen LogP contribution is 2.65. The Morgan fingerprint density at radius 1 is 0.325 bits per heavy atom. The van der Waals surface area contributed by atoms with Crippen LogP contribution in [0.15, 0.2) is 60.7 Å². The van der Waals surface area contributed by atoms with E-state index in [0.29, 0.717) is 0 Å². The number of hydrogen-bond acceptors (Lipinski definition) is 0. The number of hydrogen-bond donors (Lipinski definition) is 0. The Hall–Kier alpha value is -0.692. The summed E-state index contributed by atoms with van der Waals surface area (Å²) in [6.45, 7) is 47.5.